The highest BCUT2D eigenvalue weighted by atomic mass is 16.7. The van der Waals surface area contributed by atoms with Crippen molar-refractivity contribution in [3.8, 4) is 0 Å². The molecule has 0 aromatic carbocycles. The number of hydroxylamine groups is 2. The summed E-state index contributed by atoms with van der Waals surface area (Å²) in [7, 11) is 0. The Morgan fingerprint density at radius 2 is 2.07 bits per heavy atom. The van der Waals surface area contributed by atoms with Crippen LogP contribution in [0.2, 0.25) is 0 Å². The summed E-state index contributed by atoms with van der Waals surface area (Å²) < 4.78 is 5.35. The fourth-order valence-corrected chi connectivity index (χ4v) is 1.30. The third-order valence-electron chi connectivity index (χ3n) is 1.90. The molecule has 3 N–H and O–H groups in total. The molecule has 0 aliphatic carbocycles. The maximum atomic E-state index is 8.61. The van der Waals surface area contributed by atoms with Crippen molar-refractivity contribution in [2.45, 2.75) is 6.23 Å². The van der Waals surface area contributed by atoms with E-state index >= 15 is 0 Å². The van der Waals surface area contributed by atoms with Crippen LogP contribution in [0.1, 0.15) is 0 Å². The van der Waals surface area contributed by atoms with Gasteiger partial charge in [-0.15, -0.1) is 0 Å². The molecule has 1 fully saturated rings. The first-order valence-corrected chi connectivity index (χ1v) is 4.82. The summed E-state index contributed by atoms with van der Waals surface area (Å²) >= 11 is 0. The van der Waals surface area contributed by atoms with Crippen LogP contribution in [-0.4, -0.2) is 67.6 Å². The molecule has 6 heteroatoms. The van der Waals surface area contributed by atoms with Gasteiger partial charge in [0.1, 0.15) is 6.23 Å². The number of nitrogens with one attached hydrogen (secondary N) is 1. The van der Waals surface area contributed by atoms with Crippen molar-refractivity contribution in [2.75, 3.05) is 46.1 Å². The zero-order valence-electron chi connectivity index (χ0n) is 8.19. The minimum absolute atomic E-state index is 0.00332. The zero-order valence-corrected chi connectivity index (χ0v) is 8.19. The molecule has 1 atom stereocenters. The van der Waals surface area contributed by atoms with Crippen molar-refractivity contribution in [1.82, 2.24) is 10.4 Å². The van der Waals surface area contributed by atoms with E-state index in [-0.39, 0.29) is 26.0 Å². The Hall–Kier alpha value is -0.240. The van der Waals surface area contributed by atoms with Gasteiger partial charge in [-0.3, -0.25) is 4.84 Å². The van der Waals surface area contributed by atoms with Gasteiger partial charge in [0.15, 0.2) is 0 Å². The molecule has 1 unspecified atom stereocenters. The lowest BCUT2D eigenvalue weighted by Gasteiger charge is -2.34. The van der Waals surface area contributed by atoms with Gasteiger partial charge in [-0.05, 0) is 0 Å². The molecule has 1 heterocycles. The molecule has 6 nitrogen and oxygen atoms in total. The summed E-state index contributed by atoms with van der Waals surface area (Å²) in [6.45, 7) is 2.80. The van der Waals surface area contributed by atoms with Gasteiger partial charge in [0.05, 0.1) is 26.4 Å². The van der Waals surface area contributed by atoms with Crippen molar-refractivity contribution in [3.05, 3.63) is 0 Å². The van der Waals surface area contributed by atoms with Crippen molar-refractivity contribution in [1.29, 1.82) is 0 Å². The van der Waals surface area contributed by atoms with Gasteiger partial charge < -0.3 is 20.3 Å². The summed E-state index contributed by atoms with van der Waals surface area (Å²) in [5.41, 5.74) is 0. The molecule has 84 valence electrons. The first-order valence-electron chi connectivity index (χ1n) is 4.82. The van der Waals surface area contributed by atoms with E-state index in [1.54, 1.807) is 5.06 Å². The Bertz CT molecular complexity index is 131. The summed E-state index contributed by atoms with van der Waals surface area (Å²) in [6.07, 6.45) is -0.178. The Kier molecular flexibility index (Phi) is 6.00. The number of aliphatic hydroxyl groups is 2. The fourth-order valence-electron chi connectivity index (χ4n) is 1.30. The van der Waals surface area contributed by atoms with E-state index in [0.717, 1.165) is 13.1 Å². The van der Waals surface area contributed by atoms with Gasteiger partial charge >= 0.3 is 0 Å². The van der Waals surface area contributed by atoms with Gasteiger partial charge in [0.2, 0.25) is 0 Å². The van der Waals surface area contributed by atoms with Gasteiger partial charge in [-0.2, -0.15) is 5.06 Å². The van der Waals surface area contributed by atoms with Gasteiger partial charge in [0, 0.05) is 19.6 Å². The SMILES string of the molecule is OCCOC1CNCCN1OCCO. The molecule has 1 aliphatic heterocycles. The monoisotopic (exact) mass is 206 g/mol. The lowest BCUT2D eigenvalue weighted by atomic mass is 10.4. The van der Waals surface area contributed by atoms with E-state index < -0.39 is 0 Å². The number of piperazine rings is 1. The van der Waals surface area contributed by atoms with Crippen molar-refractivity contribution < 1.29 is 19.8 Å². The molecule has 0 aromatic rings. The zero-order chi connectivity index (χ0) is 10.2. The first kappa shape index (κ1) is 11.8. The van der Waals surface area contributed by atoms with Crippen molar-refractivity contribution >= 4 is 0 Å². The summed E-state index contributed by atoms with van der Waals surface area (Å²) in [4.78, 5) is 5.28. The first-order chi connectivity index (χ1) is 6.88. The van der Waals surface area contributed by atoms with E-state index in [0.29, 0.717) is 13.2 Å². The number of aliphatic hydroxyl groups excluding tert-OH is 2. The fraction of sp³-hybridized carbons (Fsp3) is 1.00. The van der Waals surface area contributed by atoms with Crippen LogP contribution in [0.4, 0.5) is 0 Å². The second kappa shape index (κ2) is 7.10. The minimum atomic E-state index is -0.178. The molecular weight excluding hydrogens is 188 g/mol. The normalized spacial score (nSPS) is 24.0. The lowest BCUT2D eigenvalue weighted by Crippen LogP contribution is -2.52. The second-order valence-corrected chi connectivity index (χ2v) is 2.95. The van der Waals surface area contributed by atoms with E-state index in [2.05, 4.69) is 5.32 Å². The largest absolute Gasteiger partial charge is 0.394 e. The van der Waals surface area contributed by atoms with Crippen LogP contribution in [0.25, 0.3) is 0 Å². The van der Waals surface area contributed by atoms with Crippen LogP contribution in [0, 0.1) is 0 Å². The molecule has 1 aliphatic rings. The summed E-state index contributed by atoms with van der Waals surface area (Å²) in [6, 6.07) is 0. The average Bonchev–Trinajstić information content (AvgIpc) is 2.24. The standard InChI is InChI=1S/C8H18N2O4/c11-3-5-13-8-7-9-1-2-10(8)14-6-4-12/h8-9,11-12H,1-7H2. The van der Waals surface area contributed by atoms with Crippen LogP contribution in [-0.2, 0) is 9.57 Å². The quantitative estimate of drug-likeness (QED) is 0.474. The molecule has 0 spiro atoms. The molecule has 1 saturated heterocycles. The molecule has 1 rings (SSSR count). The molecule has 0 amide bonds. The smallest absolute Gasteiger partial charge is 0.145 e. The van der Waals surface area contributed by atoms with E-state index in [1.807, 2.05) is 0 Å². The van der Waals surface area contributed by atoms with Gasteiger partial charge in [-0.25, -0.2) is 0 Å². The average molecular weight is 206 g/mol. The van der Waals surface area contributed by atoms with E-state index in [9.17, 15) is 0 Å². The third kappa shape index (κ3) is 3.87. The van der Waals surface area contributed by atoms with Crippen LogP contribution in [0.3, 0.4) is 0 Å². The number of rotatable bonds is 6. The molecule has 0 saturated carbocycles. The Balaban J connectivity index is 2.26. The summed E-state index contributed by atoms with van der Waals surface area (Å²) in [5.74, 6) is 0. The molecule has 14 heavy (non-hydrogen) atoms. The Morgan fingerprint density at radius 3 is 2.79 bits per heavy atom. The van der Waals surface area contributed by atoms with Gasteiger partial charge in [-0.1, -0.05) is 0 Å². The summed E-state index contributed by atoms with van der Waals surface area (Å²) in [5, 5.41) is 22.1. The van der Waals surface area contributed by atoms with E-state index in [1.165, 1.54) is 0 Å². The third-order valence-corrected chi connectivity index (χ3v) is 1.90. The maximum absolute atomic E-state index is 8.61. The maximum Gasteiger partial charge on any atom is 0.145 e. The molecular formula is C8H18N2O4. The van der Waals surface area contributed by atoms with Crippen LogP contribution < -0.4 is 5.32 Å². The van der Waals surface area contributed by atoms with Crippen molar-refractivity contribution in [3.63, 3.8) is 0 Å². The van der Waals surface area contributed by atoms with Crippen LogP contribution >= 0.6 is 0 Å². The minimum Gasteiger partial charge on any atom is -0.394 e. The Morgan fingerprint density at radius 1 is 1.29 bits per heavy atom. The molecule has 0 radical (unpaired) electrons. The number of ether oxygens (including phenoxy) is 1. The number of nitrogens with zero attached hydrogens (tertiary/aromatic N) is 1. The lowest BCUT2D eigenvalue weighted by molar-refractivity contribution is -0.263. The highest BCUT2D eigenvalue weighted by Gasteiger charge is 2.23. The van der Waals surface area contributed by atoms with Crippen LogP contribution in [0.15, 0.2) is 0 Å². The number of hydrogen-bond acceptors (Lipinski definition) is 6. The predicted octanol–water partition coefficient (Wildman–Crippen LogP) is -1.85. The Labute approximate surface area is 83.4 Å². The molecule has 0 aromatic heterocycles. The van der Waals surface area contributed by atoms with Crippen LogP contribution in [0.5, 0.6) is 0 Å². The van der Waals surface area contributed by atoms with Gasteiger partial charge in [0.25, 0.3) is 0 Å². The topological polar surface area (TPSA) is 74.2 Å². The predicted molar refractivity (Wildman–Crippen MR) is 49.4 cm³/mol. The van der Waals surface area contributed by atoms with Crippen molar-refractivity contribution in [2.24, 2.45) is 0 Å². The second-order valence-electron chi connectivity index (χ2n) is 2.95. The highest BCUT2D eigenvalue weighted by molar-refractivity contribution is 4.67. The highest BCUT2D eigenvalue weighted by Crippen LogP contribution is 2.05. The molecule has 0 bridgehead atoms. The van der Waals surface area contributed by atoms with E-state index in [4.69, 9.17) is 19.8 Å². The number of hydrogen-bond donors (Lipinski definition) is 3.